The zero-order valence-electron chi connectivity index (χ0n) is 10.1. The first-order valence-corrected chi connectivity index (χ1v) is 5.65. The van der Waals surface area contributed by atoms with Crippen molar-refractivity contribution in [2.24, 2.45) is 0 Å². The van der Waals surface area contributed by atoms with Gasteiger partial charge in [-0.25, -0.2) is 0 Å². The quantitative estimate of drug-likeness (QED) is 0.708. The zero-order chi connectivity index (χ0) is 14.5. The molecule has 1 amide bonds. The maximum atomic E-state index is 12.0. The first kappa shape index (κ1) is 15.3. The molecule has 1 aromatic rings. The molecule has 0 radical (unpaired) electrons. The maximum absolute atomic E-state index is 12.0. The van der Waals surface area contributed by atoms with E-state index in [4.69, 9.17) is 10.8 Å². The highest BCUT2D eigenvalue weighted by Gasteiger charge is 2.38. The van der Waals surface area contributed by atoms with Crippen molar-refractivity contribution in [1.82, 2.24) is 5.32 Å². The number of aryl methyl sites for hydroxylation is 1. The summed E-state index contributed by atoms with van der Waals surface area (Å²) in [5.74, 6) is -0.563. The Morgan fingerprint density at radius 3 is 2.58 bits per heavy atom. The van der Waals surface area contributed by atoms with Crippen LogP contribution in [0.15, 0.2) is 24.3 Å². The van der Waals surface area contributed by atoms with E-state index in [0.29, 0.717) is 12.1 Å². The van der Waals surface area contributed by atoms with Crippen molar-refractivity contribution in [1.29, 1.82) is 0 Å². The average Bonchev–Trinajstić information content (AvgIpc) is 2.33. The highest BCUT2D eigenvalue weighted by Crippen LogP contribution is 2.19. The van der Waals surface area contributed by atoms with Crippen molar-refractivity contribution in [3.05, 3.63) is 29.8 Å². The Morgan fingerprint density at radius 2 is 2.00 bits per heavy atom. The van der Waals surface area contributed by atoms with Crippen LogP contribution in [0.4, 0.5) is 18.9 Å². The van der Waals surface area contributed by atoms with Gasteiger partial charge >= 0.3 is 6.18 Å². The monoisotopic (exact) mass is 276 g/mol. The van der Waals surface area contributed by atoms with Crippen LogP contribution in [-0.2, 0) is 11.2 Å². The average molecular weight is 276 g/mol. The molecule has 0 fully saturated rings. The second kappa shape index (κ2) is 6.42. The maximum Gasteiger partial charge on any atom is 0.416 e. The number of nitrogens with two attached hydrogens (primary N) is 1. The van der Waals surface area contributed by atoms with Gasteiger partial charge in [-0.05, 0) is 18.1 Å². The van der Waals surface area contributed by atoms with E-state index in [2.05, 4.69) is 0 Å². The van der Waals surface area contributed by atoms with Crippen molar-refractivity contribution < 1.29 is 23.1 Å². The van der Waals surface area contributed by atoms with Crippen LogP contribution in [-0.4, -0.2) is 29.8 Å². The third kappa shape index (κ3) is 5.17. The second-order valence-corrected chi connectivity index (χ2v) is 4.06. The number of carbonyl (C=O) groups excluding carboxylic acids is 1. The molecule has 19 heavy (non-hydrogen) atoms. The minimum atomic E-state index is -4.73. The number of halogens is 3. The molecule has 0 aliphatic heterocycles. The van der Waals surface area contributed by atoms with Gasteiger partial charge in [0.25, 0.3) is 0 Å². The number of para-hydroxylation sites is 1. The molecule has 106 valence electrons. The van der Waals surface area contributed by atoms with E-state index >= 15 is 0 Å². The standard InChI is InChI=1S/C12H15F3N2O2/c13-12(14,15)10(18)7-17-11(19)6-5-8-3-1-2-4-9(8)16/h1-4,10,18H,5-7,16H2,(H,17,19). The molecule has 1 rings (SSSR count). The van der Waals surface area contributed by atoms with Gasteiger partial charge in [0.1, 0.15) is 0 Å². The van der Waals surface area contributed by atoms with Gasteiger partial charge < -0.3 is 16.2 Å². The van der Waals surface area contributed by atoms with Crippen LogP contribution in [0.3, 0.4) is 0 Å². The number of rotatable bonds is 5. The summed E-state index contributed by atoms with van der Waals surface area (Å²) in [5, 5.41) is 10.7. The van der Waals surface area contributed by atoms with Gasteiger partial charge in [0, 0.05) is 12.1 Å². The van der Waals surface area contributed by atoms with Gasteiger partial charge in [0.2, 0.25) is 5.91 Å². The van der Waals surface area contributed by atoms with E-state index in [1.807, 2.05) is 5.32 Å². The summed E-state index contributed by atoms with van der Waals surface area (Å²) in [6, 6.07) is 6.93. The number of anilines is 1. The number of aliphatic hydroxyl groups excluding tert-OH is 1. The third-order valence-corrected chi connectivity index (χ3v) is 2.55. The van der Waals surface area contributed by atoms with E-state index in [-0.39, 0.29) is 6.42 Å². The molecule has 1 atom stereocenters. The Labute approximate surface area is 108 Å². The molecule has 1 aromatic carbocycles. The second-order valence-electron chi connectivity index (χ2n) is 4.06. The summed E-state index contributed by atoms with van der Waals surface area (Å²) in [6.07, 6.45) is -6.92. The summed E-state index contributed by atoms with van der Waals surface area (Å²) in [7, 11) is 0. The van der Waals surface area contributed by atoms with Gasteiger partial charge in [0.15, 0.2) is 6.10 Å². The summed E-state index contributed by atoms with van der Waals surface area (Å²) < 4.78 is 36.0. The number of nitrogens with one attached hydrogen (secondary N) is 1. The number of benzene rings is 1. The number of hydrogen-bond acceptors (Lipinski definition) is 3. The summed E-state index contributed by atoms with van der Waals surface area (Å²) in [5.41, 5.74) is 6.96. The van der Waals surface area contributed by atoms with Crippen LogP contribution < -0.4 is 11.1 Å². The number of hydrogen-bond donors (Lipinski definition) is 3. The number of amides is 1. The van der Waals surface area contributed by atoms with Crippen LogP contribution in [0, 0.1) is 0 Å². The van der Waals surface area contributed by atoms with Crippen molar-refractivity contribution >= 4 is 11.6 Å². The zero-order valence-corrected chi connectivity index (χ0v) is 10.1. The molecule has 1 unspecified atom stereocenters. The van der Waals surface area contributed by atoms with Crippen LogP contribution in [0.25, 0.3) is 0 Å². The van der Waals surface area contributed by atoms with Crippen LogP contribution >= 0.6 is 0 Å². The normalized spacial score (nSPS) is 13.1. The lowest BCUT2D eigenvalue weighted by atomic mass is 10.1. The van der Waals surface area contributed by atoms with Gasteiger partial charge in [-0.15, -0.1) is 0 Å². The molecule has 0 heterocycles. The van der Waals surface area contributed by atoms with Crippen LogP contribution in [0.2, 0.25) is 0 Å². The SMILES string of the molecule is Nc1ccccc1CCC(=O)NCC(O)C(F)(F)F. The smallest absolute Gasteiger partial charge is 0.399 e. The van der Waals surface area contributed by atoms with Crippen molar-refractivity contribution in [2.75, 3.05) is 12.3 Å². The van der Waals surface area contributed by atoms with E-state index in [9.17, 15) is 18.0 Å². The first-order valence-electron chi connectivity index (χ1n) is 5.65. The molecule has 0 aliphatic rings. The van der Waals surface area contributed by atoms with E-state index in [0.717, 1.165) is 5.56 Å². The van der Waals surface area contributed by atoms with Gasteiger partial charge in [0.05, 0.1) is 6.54 Å². The third-order valence-electron chi connectivity index (χ3n) is 2.55. The Balaban J connectivity index is 2.35. The van der Waals surface area contributed by atoms with Gasteiger partial charge in [-0.1, -0.05) is 18.2 Å². The Hall–Kier alpha value is -1.76. The largest absolute Gasteiger partial charge is 0.416 e. The number of nitrogen functional groups attached to an aromatic ring is 1. The lowest BCUT2D eigenvalue weighted by Crippen LogP contribution is -2.40. The Bertz CT molecular complexity index is 435. The lowest BCUT2D eigenvalue weighted by Gasteiger charge is -2.15. The lowest BCUT2D eigenvalue weighted by molar-refractivity contribution is -0.201. The fourth-order valence-corrected chi connectivity index (χ4v) is 1.42. The highest BCUT2D eigenvalue weighted by molar-refractivity contribution is 5.76. The fourth-order valence-electron chi connectivity index (χ4n) is 1.42. The van der Waals surface area contributed by atoms with Crippen molar-refractivity contribution in [3.8, 4) is 0 Å². The van der Waals surface area contributed by atoms with Gasteiger partial charge in [-0.2, -0.15) is 13.2 Å². The number of carbonyl (C=O) groups is 1. The topological polar surface area (TPSA) is 75.4 Å². The first-order chi connectivity index (χ1) is 8.80. The van der Waals surface area contributed by atoms with Crippen LogP contribution in [0.1, 0.15) is 12.0 Å². The summed E-state index contributed by atoms with van der Waals surface area (Å²) in [6.45, 7) is -0.841. The van der Waals surface area contributed by atoms with Crippen molar-refractivity contribution in [2.45, 2.75) is 25.1 Å². The summed E-state index contributed by atoms with van der Waals surface area (Å²) in [4.78, 5) is 11.3. The molecule has 0 aromatic heterocycles. The molecule has 0 aliphatic carbocycles. The van der Waals surface area contributed by atoms with Crippen LogP contribution in [0.5, 0.6) is 0 Å². The molecule has 0 saturated carbocycles. The van der Waals surface area contributed by atoms with E-state index in [1.54, 1.807) is 24.3 Å². The minimum Gasteiger partial charge on any atom is -0.399 e. The van der Waals surface area contributed by atoms with E-state index < -0.39 is 24.7 Å². The number of aliphatic hydroxyl groups is 1. The van der Waals surface area contributed by atoms with Crippen molar-refractivity contribution in [3.63, 3.8) is 0 Å². The molecular formula is C12H15F3N2O2. The molecule has 0 bridgehead atoms. The molecule has 4 N–H and O–H groups in total. The predicted molar refractivity (Wildman–Crippen MR) is 64.2 cm³/mol. The predicted octanol–water partition coefficient (Wildman–Crippen LogP) is 1.24. The van der Waals surface area contributed by atoms with E-state index in [1.165, 1.54) is 0 Å². The van der Waals surface area contributed by atoms with Gasteiger partial charge in [-0.3, -0.25) is 4.79 Å². The minimum absolute atomic E-state index is 0.0127. The summed E-state index contributed by atoms with van der Waals surface area (Å²) >= 11 is 0. The Kier molecular flexibility index (Phi) is 5.17. The molecule has 0 spiro atoms. The molecule has 4 nitrogen and oxygen atoms in total. The molecular weight excluding hydrogens is 261 g/mol. The molecule has 0 saturated heterocycles. The highest BCUT2D eigenvalue weighted by atomic mass is 19.4. The Morgan fingerprint density at radius 1 is 1.37 bits per heavy atom. The fraction of sp³-hybridized carbons (Fsp3) is 0.417. The number of alkyl halides is 3. The molecule has 7 heteroatoms.